The van der Waals surface area contributed by atoms with Gasteiger partial charge in [0.1, 0.15) is 5.69 Å². The molecular weight excluding hydrogens is 202 g/mol. The van der Waals surface area contributed by atoms with Crippen molar-refractivity contribution in [1.82, 2.24) is 9.66 Å². The Hall–Kier alpha value is -2.10. The van der Waals surface area contributed by atoms with Crippen molar-refractivity contribution in [2.24, 2.45) is 0 Å². The number of hydrogen-bond acceptors (Lipinski definition) is 3. The van der Waals surface area contributed by atoms with E-state index in [9.17, 15) is 4.79 Å². The predicted octanol–water partition coefficient (Wildman–Crippen LogP) is 1.39. The van der Waals surface area contributed by atoms with Crippen LogP contribution in [0.2, 0.25) is 0 Å². The summed E-state index contributed by atoms with van der Waals surface area (Å²) in [6, 6.07) is 6.98. The van der Waals surface area contributed by atoms with Crippen LogP contribution >= 0.6 is 0 Å². The van der Waals surface area contributed by atoms with Gasteiger partial charge in [-0.1, -0.05) is 6.92 Å². The number of aromatic nitrogens is 2. The smallest absolute Gasteiger partial charge is 0.211 e. The van der Waals surface area contributed by atoms with Crippen molar-refractivity contribution >= 4 is 5.78 Å². The SMILES string of the molecule is CCc1ccc(C(=O)c2ccncc2)n1N. The molecule has 2 aromatic rings. The molecule has 0 spiro atoms. The molecule has 0 amide bonds. The molecule has 0 unspecified atom stereocenters. The number of pyridine rings is 1. The molecule has 2 rings (SSSR count). The third-order valence-electron chi connectivity index (χ3n) is 2.54. The molecule has 0 saturated heterocycles. The molecule has 0 atom stereocenters. The second-order valence-corrected chi connectivity index (χ2v) is 3.50. The molecule has 16 heavy (non-hydrogen) atoms. The Balaban J connectivity index is 2.38. The van der Waals surface area contributed by atoms with Crippen molar-refractivity contribution in [3.8, 4) is 0 Å². The predicted molar refractivity (Wildman–Crippen MR) is 61.6 cm³/mol. The first kappa shape index (κ1) is 10.4. The normalized spacial score (nSPS) is 10.3. The zero-order valence-electron chi connectivity index (χ0n) is 9.05. The number of nitrogen functional groups attached to an aromatic ring is 1. The standard InChI is InChI=1S/C12H13N3O/c1-2-10-3-4-11(15(10)13)12(16)9-5-7-14-8-6-9/h3-8H,2,13H2,1H3. The summed E-state index contributed by atoms with van der Waals surface area (Å²) >= 11 is 0. The van der Waals surface area contributed by atoms with Crippen molar-refractivity contribution in [2.45, 2.75) is 13.3 Å². The lowest BCUT2D eigenvalue weighted by molar-refractivity contribution is 0.103. The highest BCUT2D eigenvalue weighted by molar-refractivity contribution is 6.08. The second kappa shape index (κ2) is 4.18. The molecule has 2 N–H and O–H groups in total. The van der Waals surface area contributed by atoms with Crippen molar-refractivity contribution < 1.29 is 4.79 Å². The molecule has 0 aromatic carbocycles. The van der Waals surface area contributed by atoms with Crippen LogP contribution in [0, 0.1) is 0 Å². The first-order valence-corrected chi connectivity index (χ1v) is 5.14. The van der Waals surface area contributed by atoms with E-state index in [1.54, 1.807) is 30.6 Å². The van der Waals surface area contributed by atoms with Crippen molar-refractivity contribution in [1.29, 1.82) is 0 Å². The Kier molecular flexibility index (Phi) is 2.72. The molecule has 0 fully saturated rings. The van der Waals surface area contributed by atoms with E-state index in [1.807, 2.05) is 13.0 Å². The molecule has 82 valence electrons. The van der Waals surface area contributed by atoms with Gasteiger partial charge in [0.2, 0.25) is 5.78 Å². The van der Waals surface area contributed by atoms with Crippen LogP contribution in [-0.4, -0.2) is 15.4 Å². The van der Waals surface area contributed by atoms with Crippen molar-refractivity contribution in [2.75, 3.05) is 5.84 Å². The van der Waals surface area contributed by atoms with E-state index in [-0.39, 0.29) is 5.78 Å². The maximum Gasteiger partial charge on any atom is 0.211 e. The number of hydrogen-bond donors (Lipinski definition) is 1. The van der Waals surface area contributed by atoms with Gasteiger partial charge in [0.05, 0.1) is 0 Å². The van der Waals surface area contributed by atoms with Gasteiger partial charge >= 0.3 is 0 Å². The maximum atomic E-state index is 12.1. The van der Waals surface area contributed by atoms with Gasteiger partial charge < -0.3 is 5.84 Å². The van der Waals surface area contributed by atoms with Crippen LogP contribution in [0.5, 0.6) is 0 Å². The minimum absolute atomic E-state index is 0.0791. The largest absolute Gasteiger partial charge is 0.339 e. The summed E-state index contributed by atoms with van der Waals surface area (Å²) in [5.74, 6) is 5.75. The van der Waals surface area contributed by atoms with Crippen LogP contribution < -0.4 is 5.84 Å². The number of aryl methyl sites for hydroxylation is 1. The Morgan fingerprint density at radius 1 is 1.31 bits per heavy atom. The number of nitrogens with two attached hydrogens (primary N) is 1. The van der Waals surface area contributed by atoms with Crippen LogP contribution in [0.15, 0.2) is 36.7 Å². The fraction of sp³-hybridized carbons (Fsp3) is 0.167. The van der Waals surface area contributed by atoms with Crippen LogP contribution in [-0.2, 0) is 6.42 Å². The van der Waals surface area contributed by atoms with E-state index in [1.165, 1.54) is 4.68 Å². The Morgan fingerprint density at radius 2 is 2.00 bits per heavy atom. The lowest BCUT2D eigenvalue weighted by Gasteiger charge is -2.05. The number of nitrogens with zero attached hydrogens (tertiary/aromatic N) is 2. The van der Waals surface area contributed by atoms with Gasteiger partial charge in [-0.15, -0.1) is 0 Å². The number of carbonyl (C=O) groups is 1. The summed E-state index contributed by atoms with van der Waals surface area (Å²) in [4.78, 5) is 15.9. The van der Waals surface area contributed by atoms with Gasteiger partial charge in [-0.3, -0.25) is 14.5 Å². The van der Waals surface area contributed by atoms with Gasteiger partial charge in [-0.2, -0.15) is 0 Å². The molecule has 0 aliphatic heterocycles. The highest BCUT2D eigenvalue weighted by atomic mass is 16.1. The Labute approximate surface area is 93.7 Å². The summed E-state index contributed by atoms with van der Waals surface area (Å²) in [5.41, 5.74) is 2.04. The van der Waals surface area contributed by atoms with E-state index in [0.29, 0.717) is 11.3 Å². The number of ketones is 1. The van der Waals surface area contributed by atoms with Crippen LogP contribution in [0.3, 0.4) is 0 Å². The van der Waals surface area contributed by atoms with E-state index in [2.05, 4.69) is 4.98 Å². The lowest BCUT2D eigenvalue weighted by atomic mass is 10.1. The molecule has 4 nitrogen and oxygen atoms in total. The van der Waals surface area contributed by atoms with Gasteiger partial charge in [-0.25, -0.2) is 0 Å². The number of rotatable bonds is 3. The third kappa shape index (κ3) is 1.69. The minimum atomic E-state index is -0.0791. The van der Waals surface area contributed by atoms with E-state index in [4.69, 9.17) is 5.84 Å². The van der Waals surface area contributed by atoms with Crippen LogP contribution in [0.25, 0.3) is 0 Å². The molecule has 2 heterocycles. The zero-order chi connectivity index (χ0) is 11.5. The van der Waals surface area contributed by atoms with Gasteiger partial charge in [0.25, 0.3) is 0 Å². The highest BCUT2D eigenvalue weighted by Crippen LogP contribution is 2.11. The molecule has 0 bridgehead atoms. The first-order chi connectivity index (χ1) is 7.74. The van der Waals surface area contributed by atoms with E-state index in [0.717, 1.165) is 12.1 Å². The molecule has 0 aliphatic rings. The zero-order valence-corrected chi connectivity index (χ0v) is 9.05. The van der Waals surface area contributed by atoms with Crippen LogP contribution in [0.1, 0.15) is 28.7 Å². The topological polar surface area (TPSA) is 60.9 Å². The molecule has 0 radical (unpaired) electrons. The molecule has 0 aliphatic carbocycles. The molecule has 4 heteroatoms. The van der Waals surface area contributed by atoms with Gasteiger partial charge in [0, 0.05) is 23.7 Å². The minimum Gasteiger partial charge on any atom is -0.339 e. The lowest BCUT2D eigenvalue weighted by Crippen LogP contribution is -2.19. The molecular formula is C12H13N3O. The second-order valence-electron chi connectivity index (χ2n) is 3.50. The molecule has 2 aromatic heterocycles. The average molecular weight is 215 g/mol. The summed E-state index contributed by atoms with van der Waals surface area (Å²) in [5, 5.41) is 0. The van der Waals surface area contributed by atoms with Gasteiger partial charge in [-0.05, 0) is 30.7 Å². The van der Waals surface area contributed by atoms with Crippen molar-refractivity contribution in [3.05, 3.63) is 53.6 Å². The molecule has 0 saturated carbocycles. The Morgan fingerprint density at radius 3 is 2.56 bits per heavy atom. The van der Waals surface area contributed by atoms with Crippen LogP contribution in [0.4, 0.5) is 0 Å². The summed E-state index contributed by atoms with van der Waals surface area (Å²) in [6.45, 7) is 2.00. The summed E-state index contributed by atoms with van der Waals surface area (Å²) in [7, 11) is 0. The first-order valence-electron chi connectivity index (χ1n) is 5.14. The quantitative estimate of drug-likeness (QED) is 0.621. The summed E-state index contributed by atoms with van der Waals surface area (Å²) < 4.78 is 1.45. The fourth-order valence-electron chi connectivity index (χ4n) is 1.61. The highest BCUT2D eigenvalue weighted by Gasteiger charge is 2.14. The average Bonchev–Trinajstić information content (AvgIpc) is 2.70. The third-order valence-corrected chi connectivity index (χ3v) is 2.54. The maximum absolute atomic E-state index is 12.1. The van der Waals surface area contributed by atoms with Gasteiger partial charge in [0.15, 0.2) is 0 Å². The fourth-order valence-corrected chi connectivity index (χ4v) is 1.61. The van der Waals surface area contributed by atoms with Crippen molar-refractivity contribution in [3.63, 3.8) is 0 Å². The monoisotopic (exact) mass is 215 g/mol. The Bertz CT molecular complexity index is 502. The van der Waals surface area contributed by atoms with E-state index < -0.39 is 0 Å². The van der Waals surface area contributed by atoms with E-state index >= 15 is 0 Å². The number of carbonyl (C=O) groups excluding carboxylic acids is 1. The summed E-state index contributed by atoms with van der Waals surface area (Å²) in [6.07, 6.45) is 4.00.